The summed E-state index contributed by atoms with van der Waals surface area (Å²) in [6.07, 6.45) is 1.99. The van der Waals surface area contributed by atoms with Crippen molar-refractivity contribution in [2.24, 2.45) is 0 Å². The van der Waals surface area contributed by atoms with Gasteiger partial charge in [0.25, 0.3) is 5.91 Å². The molecule has 3 aromatic rings. The number of fused-ring (bicyclic) bond motifs is 1. The molecule has 1 atom stereocenters. The van der Waals surface area contributed by atoms with E-state index in [0.717, 1.165) is 5.56 Å². The van der Waals surface area contributed by atoms with Crippen molar-refractivity contribution in [3.63, 3.8) is 0 Å². The third-order valence-corrected chi connectivity index (χ3v) is 6.33. The highest BCUT2D eigenvalue weighted by atomic mass is 32.1. The first kappa shape index (κ1) is 22.1. The van der Waals surface area contributed by atoms with Crippen LogP contribution in [-0.2, 0) is 17.7 Å². The number of amides is 1. The molecule has 32 heavy (non-hydrogen) atoms. The Morgan fingerprint density at radius 1 is 1.25 bits per heavy atom. The molecule has 0 saturated heterocycles. The SMILES string of the molecule is COCC1Cn2cc(-c3nnc(Cc4ccc(F)cc4)s3)c(=O)c(O)c2C(=O)N1C(C)C. The minimum atomic E-state index is -0.664. The average molecular weight is 459 g/mol. The Hall–Kier alpha value is -3.11. The van der Waals surface area contributed by atoms with Gasteiger partial charge in [-0.3, -0.25) is 9.59 Å². The molecule has 10 heteroatoms. The topological polar surface area (TPSA) is 97.5 Å². The van der Waals surface area contributed by atoms with Crippen LogP contribution in [-0.4, -0.2) is 56.5 Å². The summed E-state index contributed by atoms with van der Waals surface area (Å²) in [6.45, 7) is 4.45. The maximum absolute atomic E-state index is 13.1. The summed E-state index contributed by atoms with van der Waals surface area (Å²) in [5.41, 5.74) is 0.343. The van der Waals surface area contributed by atoms with E-state index >= 15 is 0 Å². The van der Waals surface area contributed by atoms with E-state index in [2.05, 4.69) is 10.2 Å². The maximum atomic E-state index is 13.1. The molecule has 0 fully saturated rings. The normalized spacial score (nSPS) is 16.0. The number of rotatable bonds is 6. The largest absolute Gasteiger partial charge is 0.503 e. The van der Waals surface area contributed by atoms with Crippen molar-refractivity contribution < 1.29 is 19.0 Å². The molecule has 2 aromatic heterocycles. The fraction of sp³-hybridized carbons (Fsp3) is 0.364. The third-order valence-electron chi connectivity index (χ3n) is 5.38. The van der Waals surface area contributed by atoms with E-state index in [9.17, 15) is 19.1 Å². The van der Waals surface area contributed by atoms with E-state index in [1.807, 2.05) is 13.8 Å². The smallest absolute Gasteiger partial charge is 0.275 e. The number of hydrogen-bond donors (Lipinski definition) is 1. The van der Waals surface area contributed by atoms with Gasteiger partial charge in [0.15, 0.2) is 16.5 Å². The quantitative estimate of drug-likeness (QED) is 0.610. The van der Waals surface area contributed by atoms with Gasteiger partial charge in [0, 0.05) is 32.3 Å². The second kappa shape index (κ2) is 8.79. The van der Waals surface area contributed by atoms with Crippen LogP contribution in [0, 0.1) is 5.82 Å². The van der Waals surface area contributed by atoms with Crippen LogP contribution in [0.5, 0.6) is 5.75 Å². The highest BCUT2D eigenvalue weighted by Gasteiger charge is 2.37. The molecule has 1 aliphatic heterocycles. The van der Waals surface area contributed by atoms with Crippen LogP contribution in [0.1, 0.15) is 34.9 Å². The number of aromatic nitrogens is 3. The number of halogens is 1. The lowest BCUT2D eigenvalue weighted by Gasteiger charge is -2.40. The molecule has 1 aromatic carbocycles. The van der Waals surface area contributed by atoms with Crippen molar-refractivity contribution >= 4 is 17.2 Å². The Morgan fingerprint density at radius 3 is 2.62 bits per heavy atom. The summed E-state index contributed by atoms with van der Waals surface area (Å²) < 4.78 is 20.0. The zero-order valence-corrected chi connectivity index (χ0v) is 18.7. The lowest BCUT2D eigenvalue weighted by Crippen LogP contribution is -2.53. The van der Waals surface area contributed by atoms with Crippen molar-refractivity contribution in [3.05, 3.63) is 62.8 Å². The predicted octanol–water partition coefficient (Wildman–Crippen LogP) is 2.68. The Morgan fingerprint density at radius 2 is 1.97 bits per heavy atom. The van der Waals surface area contributed by atoms with Gasteiger partial charge in [-0.15, -0.1) is 10.2 Å². The van der Waals surface area contributed by atoms with Crippen LogP contribution in [0.3, 0.4) is 0 Å². The Labute approximate surface area is 187 Å². The van der Waals surface area contributed by atoms with Gasteiger partial charge in [0.2, 0.25) is 5.43 Å². The number of aromatic hydroxyl groups is 1. The number of carbonyl (C=O) groups excluding carboxylic acids is 1. The Bertz CT molecular complexity index is 1210. The molecule has 1 amide bonds. The number of nitrogens with zero attached hydrogens (tertiary/aromatic N) is 4. The lowest BCUT2D eigenvalue weighted by molar-refractivity contribution is 0.0307. The standard InChI is InChI=1S/C22H23FN4O4S/c1-12(2)27-15(11-31-3)9-26-10-16(19(28)20(29)18(26)22(27)30)21-25-24-17(32-21)8-13-4-6-14(23)7-5-13/h4-7,10,12,15,29H,8-9,11H2,1-3H3. The van der Waals surface area contributed by atoms with Crippen LogP contribution in [0.4, 0.5) is 4.39 Å². The van der Waals surface area contributed by atoms with Gasteiger partial charge in [0.1, 0.15) is 10.8 Å². The van der Waals surface area contributed by atoms with Crippen molar-refractivity contribution in [2.45, 2.75) is 38.9 Å². The van der Waals surface area contributed by atoms with E-state index in [1.165, 1.54) is 23.5 Å². The molecule has 168 valence electrons. The Kier molecular flexibility index (Phi) is 6.07. The van der Waals surface area contributed by atoms with E-state index in [1.54, 1.807) is 34.9 Å². The first-order chi connectivity index (χ1) is 15.3. The van der Waals surface area contributed by atoms with Gasteiger partial charge < -0.3 is 19.3 Å². The van der Waals surface area contributed by atoms with Gasteiger partial charge in [-0.1, -0.05) is 23.5 Å². The average Bonchev–Trinajstić information content (AvgIpc) is 3.20. The number of hydrogen-bond acceptors (Lipinski definition) is 7. The summed E-state index contributed by atoms with van der Waals surface area (Å²) in [7, 11) is 1.57. The van der Waals surface area contributed by atoms with E-state index in [0.29, 0.717) is 29.6 Å². The number of ether oxygens (including phenoxy) is 1. The van der Waals surface area contributed by atoms with Gasteiger partial charge in [-0.25, -0.2) is 4.39 Å². The zero-order chi connectivity index (χ0) is 23.0. The summed E-state index contributed by atoms with van der Waals surface area (Å²) in [5.74, 6) is -1.32. The van der Waals surface area contributed by atoms with Gasteiger partial charge in [-0.05, 0) is 31.5 Å². The molecule has 1 N–H and O–H groups in total. The molecule has 0 spiro atoms. The van der Waals surface area contributed by atoms with E-state index < -0.39 is 17.1 Å². The molecule has 0 aliphatic carbocycles. The molecular weight excluding hydrogens is 435 g/mol. The van der Waals surface area contributed by atoms with Crippen molar-refractivity contribution in [1.82, 2.24) is 19.7 Å². The van der Waals surface area contributed by atoms with Crippen molar-refractivity contribution in [2.75, 3.05) is 13.7 Å². The molecule has 0 saturated carbocycles. The molecule has 1 aliphatic rings. The Balaban J connectivity index is 1.71. The van der Waals surface area contributed by atoms with E-state index in [-0.39, 0.29) is 29.2 Å². The highest BCUT2D eigenvalue weighted by molar-refractivity contribution is 7.14. The van der Waals surface area contributed by atoms with Crippen molar-refractivity contribution in [3.8, 4) is 16.3 Å². The lowest BCUT2D eigenvalue weighted by atomic mass is 10.1. The molecule has 1 unspecified atom stereocenters. The molecule has 4 rings (SSSR count). The highest BCUT2D eigenvalue weighted by Crippen LogP contribution is 2.30. The number of carbonyl (C=O) groups is 1. The fourth-order valence-electron chi connectivity index (χ4n) is 3.97. The molecule has 0 radical (unpaired) electrons. The second-order valence-corrected chi connectivity index (χ2v) is 9.00. The summed E-state index contributed by atoms with van der Waals surface area (Å²) >= 11 is 1.22. The zero-order valence-electron chi connectivity index (χ0n) is 17.9. The van der Waals surface area contributed by atoms with E-state index in [4.69, 9.17) is 4.74 Å². The fourth-order valence-corrected chi connectivity index (χ4v) is 4.85. The van der Waals surface area contributed by atoms with Crippen LogP contribution < -0.4 is 5.43 Å². The number of pyridine rings is 1. The first-order valence-corrected chi connectivity index (χ1v) is 11.0. The molecule has 0 bridgehead atoms. The monoisotopic (exact) mass is 458 g/mol. The molecule has 3 heterocycles. The minimum Gasteiger partial charge on any atom is -0.503 e. The van der Waals surface area contributed by atoms with Gasteiger partial charge >= 0.3 is 0 Å². The maximum Gasteiger partial charge on any atom is 0.275 e. The van der Waals surface area contributed by atoms with Crippen LogP contribution in [0.25, 0.3) is 10.6 Å². The van der Waals surface area contributed by atoms with Gasteiger partial charge in [-0.2, -0.15) is 0 Å². The summed E-state index contributed by atoms with van der Waals surface area (Å²) in [4.78, 5) is 27.6. The number of benzene rings is 1. The third kappa shape index (κ3) is 4.03. The summed E-state index contributed by atoms with van der Waals surface area (Å²) in [6, 6.07) is 5.72. The second-order valence-electron chi connectivity index (χ2n) is 7.94. The van der Waals surface area contributed by atoms with Crippen LogP contribution >= 0.6 is 11.3 Å². The van der Waals surface area contributed by atoms with Gasteiger partial charge in [0.05, 0.1) is 18.2 Å². The minimum absolute atomic E-state index is 0.0316. The molecule has 8 nitrogen and oxygen atoms in total. The predicted molar refractivity (Wildman–Crippen MR) is 117 cm³/mol. The summed E-state index contributed by atoms with van der Waals surface area (Å²) in [5, 5.41) is 19.9. The molecular formula is C22H23FN4O4S. The number of methoxy groups -OCH3 is 1. The van der Waals surface area contributed by atoms with Crippen molar-refractivity contribution in [1.29, 1.82) is 0 Å². The van der Waals surface area contributed by atoms with Crippen LogP contribution in [0.2, 0.25) is 0 Å². The van der Waals surface area contributed by atoms with Crippen LogP contribution in [0.15, 0.2) is 35.3 Å². The first-order valence-electron chi connectivity index (χ1n) is 10.1.